The maximum Gasteiger partial charge on any atom is 0.239 e. The van der Waals surface area contributed by atoms with Gasteiger partial charge in [0.05, 0.1) is 6.04 Å². The van der Waals surface area contributed by atoms with Crippen LogP contribution in [0.3, 0.4) is 0 Å². The van der Waals surface area contributed by atoms with Gasteiger partial charge in [-0.15, -0.1) is 0 Å². The standard InChI is InChI=1S/C17H28N2O/c1-6-19(5)17(20)14(4)18-12-16(13(2)3)15-10-8-7-9-11-15/h7-11,13-14,16,18H,6,12H2,1-5H3. The van der Waals surface area contributed by atoms with Crippen LogP contribution in [0.5, 0.6) is 0 Å². The first-order valence-corrected chi connectivity index (χ1v) is 7.50. The Bertz CT molecular complexity index is 403. The smallest absolute Gasteiger partial charge is 0.239 e. The number of hydrogen-bond acceptors (Lipinski definition) is 2. The Morgan fingerprint density at radius 1 is 1.20 bits per heavy atom. The van der Waals surface area contributed by atoms with E-state index in [0.29, 0.717) is 11.8 Å². The highest BCUT2D eigenvalue weighted by Gasteiger charge is 2.20. The Kier molecular flexibility index (Phi) is 6.73. The minimum Gasteiger partial charge on any atom is -0.345 e. The van der Waals surface area contributed by atoms with Crippen LogP contribution in [0.25, 0.3) is 0 Å². The zero-order valence-corrected chi connectivity index (χ0v) is 13.4. The molecule has 2 unspecified atom stereocenters. The molecule has 0 aliphatic carbocycles. The Labute approximate surface area is 123 Å². The molecule has 0 aliphatic rings. The average molecular weight is 276 g/mol. The summed E-state index contributed by atoms with van der Waals surface area (Å²) in [7, 11) is 1.84. The number of likely N-dealkylation sites (N-methyl/N-ethyl adjacent to an activating group) is 1. The van der Waals surface area contributed by atoms with Crippen molar-refractivity contribution in [2.75, 3.05) is 20.1 Å². The summed E-state index contributed by atoms with van der Waals surface area (Å²) < 4.78 is 0. The molecule has 0 fully saturated rings. The number of carbonyl (C=O) groups is 1. The molecule has 1 amide bonds. The van der Waals surface area contributed by atoms with Crippen LogP contribution >= 0.6 is 0 Å². The third-order valence-electron chi connectivity index (χ3n) is 3.90. The van der Waals surface area contributed by atoms with Gasteiger partial charge in [-0.3, -0.25) is 4.79 Å². The van der Waals surface area contributed by atoms with E-state index in [2.05, 4.69) is 43.4 Å². The molecule has 0 heterocycles. The van der Waals surface area contributed by atoms with Crippen molar-refractivity contribution in [2.24, 2.45) is 5.92 Å². The Morgan fingerprint density at radius 3 is 2.30 bits per heavy atom. The average Bonchev–Trinajstić information content (AvgIpc) is 2.46. The fraction of sp³-hybridized carbons (Fsp3) is 0.588. The van der Waals surface area contributed by atoms with Gasteiger partial charge in [-0.2, -0.15) is 0 Å². The fourth-order valence-electron chi connectivity index (χ4n) is 2.32. The van der Waals surface area contributed by atoms with E-state index < -0.39 is 0 Å². The molecule has 3 heteroatoms. The summed E-state index contributed by atoms with van der Waals surface area (Å²) in [5.74, 6) is 1.12. The van der Waals surface area contributed by atoms with Gasteiger partial charge in [0, 0.05) is 20.1 Å². The van der Waals surface area contributed by atoms with Crippen molar-refractivity contribution in [2.45, 2.75) is 39.7 Å². The van der Waals surface area contributed by atoms with Gasteiger partial charge in [-0.25, -0.2) is 0 Å². The molecule has 20 heavy (non-hydrogen) atoms. The van der Waals surface area contributed by atoms with E-state index in [4.69, 9.17) is 0 Å². The third kappa shape index (κ3) is 4.64. The number of nitrogens with one attached hydrogen (secondary N) is 1. The molecule has 112 valence electrons. The van der Waals surface area contributed by atoms with Crippen LogP contribution < -0.4 is 5.32 Å². The molecule has 3 nitrogen and oxygen atoms in total. The van der Waals surface area contributed by atoms with Crippen molar-refractivity contribution >= 4 is 5.91 Å². The van der Waals surface area contributed by atoms with Crippen LogP contribution in [0.2, 0.25) is 0 Å². The largest absolute Gasteiger partial charge is 0.345 e. The van der Waals surface area contributed by atoms with Crippen molar-refractivity contribution in [3.8, 4) is 0 Å². The van der Waals surface area contributed by atoms with Crippen LogP contribution in [-0.4, -0.2) is 37.0 Å². The number of benzene rings is 1. The Morgan fingerprint density at radius 2 is 1.80 bits per heavy atom. The monoisotopic (exact) mass is 276 g/mol. The summed E-state index contributed by atoms with van der Waals surface area (Å²) in [5, 5.41) is 3.39. The Balaban J connectivity index is 2.63. The third-order valence-corrected chi connectivity index (χ3v) is 3.90. The number of hydrogen-bond donors (Lipinski definition) is 1. The first-order valence-electron chi connectivity index (χ1n) is 7.50. The molecule has 2 atom stereocenters. The molecule has 0 aromatic heterocycles. The SMILES string of the molecule is CCN(C)C(=O)C(C)NCC(c1ccccc1)C(C)C. The molecule has 0 spiro atoms. The normalized spacial score (nSPS) is 14.1. The Hall–Kier alpha value is -1.35. The summed E-state index contributed by atoms with van der Waals surface area (Å²) in [6.45, 7) is 9.96. The van der Waals surface area contributed by atoms with Crippen molar-refractivity contribution < 1.29 is 4.79 Å². The van der Waals surface area contributed by atoms with Crippen LogP contribution in [-0.2, 0) is 4.79 Å². The van der Waals surface area contributed by atoms with E-state index in [9.17, 15) is 4.79 Å². The van der Waals surface area contributed by atoms with Gasteiger partial charge in [0.15, 0.2) is 0 Å². The van der Waals surface area contributed by atoms with Crippen LogP contribution in [0.15, 0.2) is 30.3 Å². The quantitative estimate of drug-likeness (QED) is 0.830. The molecule has 1 N–H and O–H groups in total. The molecular formula is C17H28N2O. The molecular weight excluding hydrogens is 248 g/mol. The minimum absolute atomic E-state index is 0.134. The second-order valence-electron chi connectivity index (χ2n) is 5.74. The molecule has 0 saturated heterocycles. The lowest BCUT2D eigenvalue weighted by atomic mass is 9.88. The summed E-state index contributed by atoms with van der Waals surface area (Å²) in [6, 6.07) is 10.4. The lowest BCUT2D eigenvalue weighted by Crippen LogP contribution is -2.44. The van der Waals surface area contributed by atoms with Crippen molar-refractivity contribution in [3.05, 3.63) is 35.9 Å². The van der Waals surface area contributed by atoms with E-state index in [1.807, 2.05) is 27.0 Å². The maximum absolute atomic E-state index is 12.1. The first-order chi connectivity index (χ1) is 9.47. The van der Waals surface area contributed by atoms with Crippen LogP contribution in [0, 0.1) is 5.92 Å². The van der Waals surface area contributed by atoms with Gasteiger partial charge in [0.1, 0.15) is 0 Å². The highest BCUT2D eigenvalue weighted by molar-refractivity contribution is 5.81. The molecule has 0 aliphatic heterocycles. The summed E-state index contributed by atoms with van der Waals surface area (Å²) >= 11 is 0. The molecule has 1 aromatic carbocycles. The topological polar surface area (TPSA) is 32.3 Å². The van der Waals surface area contributed by atoms with E-state index >= 15 is 0 Å². The number of amides is 1. The summed E-state index contributed by atoms with van der Waals surface area (Å²) in [6.07, 6.45) is 0. The first kappa shape index (κ1) is 16.7. The molecule has 0 saturated carbocycles. The maximum atomic E-state index is 12.1. The number of rotatable bonds is 7. The predicted octanol–water partition coefficient (Wildman–Crippen LogP) is 2.88. The van der Waals surface area contributed by atoms with Crippen molar-refractivity contribution in [1.29, 1.82) is 0 Å². The predicted molar refractivity (Wildman–Crippen MR) is 84.8 cm³/mol. The highest BCUT2D eigenvalue weighted by atomic mass is 16.2. The van der Waals surface area contributed by atoms with Gasteiger partial charge >= 0.3 is 0 Å². The van der Waals surface area contributed by atoms with Gasteiger partial charge < -0.3 is 10.2 Å². The second-order valence-corrected chi connectivity index (χ2v) is 5.74. The van der Waals surface area contributed by atoms with E-state index in [0.717, 1.165) is 13.1 Å². The van der Waals surface area contributed by atoms with Crippen LogP contribution in [0.4, 0.5) is 0 Å². The molecule has 0 bridgehead atoms. The zero-order chi connectivity index (χ0) is 15.1. The second kappa shape index (κ2) is 8.05. The molecule has 1 rings (SSSR count). The van der Waals surface area contributed by atoms with Crippen molar-refractivity contribution in [1.82, 2.24) is 10.2 Å². The lowest BCUT2D eigenvalue weighted by molar-refractivity contribution is -0.131. The van der Waals surface area contributed by atoms with Gasteiger partial charge in [0.25, 0.3) is 0 Å². The van der Waals surface area contributed by atoms with Gasteiger partial charge in [0.2, 0.25) is 5.91 Å². The molecule has 1 aromatic rings. The fourth-order valence-corrected chi connectivity index (χ4v) is 2.32. The van der Waals surface area contributed by atoms with Gasteiger partial charge in [-0.1, -0.05) is 44.2 Å². The number of carbonyl (C=O) groups excluding carboxylic acids is 1. The van der Waals surface area contributed by atoms with Crippen LogP contribution in [0.1, 0.15) is 39.2 Å². The number of nitrogens with zero attached hydrogens (tertiary/aromatic N) is 1. The van der Waals surface area contributed by atoms with E-state index in [1.165, 1.54) is 5.56 Å². The minimum atomic E-state index is -0.134. The van der Waals surface area contributed by atoms with E-state index in [-0.39, 0.29) is 11.9 Å². The van der Waals surface area contributed by atoms with Gasteiger partial charge in [-0.05, 0) is 31.2 Å². The lowest BCUT2D eigenvalue weighted by Gasteiger charge is -2.26. The van der Waals surface area contributed by atoms with Crippen molar-refractivity contribution in [3.63, 3.8) is 0 Å². The summed E-state index contributed by atoms with van der Waals surface area (Å²) in [4.78, 5) is 13.8. The highest BCUT2D eigenvalue weighted by Crippen LogP contribution is 2.23. The zero-order valence-electron chi connectivity index (χ0n) is 13.4. The van der Waals surface area contributed by atoms with E-state index in [1.54, 1.807) is 4.90 Å². The molecule has 0 radical (unpaired) electrons. The summed E-state index contributed by atoms with van der Waals surface area (Å²) in [5.41, 5.74) is 1.33.